The third kappa shape index (κ3) is 1.86. The van der Waals surface area contributed by atoms with E-state index in [1.807, 2.05) is 24.3 Å². The van der Waals surface area contributed by atoms with Crippen LogP contribution in [0.2, 0.25) is 0 Å². The van der Waals surface area contributed by atoms with Crippen LogP contribution in [-0.2, 0) is 11.3 Å². The van der Waals surface area contributed by atoms with E-state index in [-0.39, 0.29) is 0 Å². The minimum atomic E-state index is 0.302. The number of likely N-dealkylation sites (tertiary alicyclic amines) is 2. The van der Waals surface area contributed by atoms with Gasteiger partial charge in [-0.2, -0.15) is 0 Å². The van der Waals surface area contributed by atoms with Crippen molar-refractivity contribution >= 4 is 5.91 Å². The second kappa shape index (κ2) is 4.18. The van der Waals surface area contributed by atoms with E-state index in [1.54, 1.807) is 6.26 Å². The van der Waals surface area contributed by atoms with Crippen LogP contribution in [0.15, 0.2) is 23.0 Å². The molecule has 0 bridgehead atoms. The number of amides is 1. The first-order valence-corrected chi connectivity index (χ1v) is 6.26. The van der Waals surface area contributed by atoms with E-state index in [1.165, 1.54) is 5.56 Å². The fourth-order valence-electron chi connectivity index (χ4n) is 3.17. The maximum absolute atomic E-state index is 11.7. The lowest BCUT2D eigenvalue weighted by Gasteiger charge is -2.37. The van der Waals surface area contributed by atoms with Crippen molar-refractivity contribution in [3.8, 4) is 0 Å². The van der Waals surface area contributed by atoms with Crippen LogP contribution in [0.25, 0.3) is 0 Å². The van der Waals surface area contributed by atoms with Gasteiger partial charge in [0.1, 0.15) is 0 Å². The Morgan fingerprint density at radius 1 is 1.41 bits per heavy atom. The molecule has 1 aromatic rings. The summed E-state index contributed by atoms with van der Waals surface area (Å²) in [5, 5.41) is 0. The van der Waals surface area contributed by atoms with Crippen molar-refractivity contribution in [2.24, 2.45) is 0 Å². The van der Waals surface area contributed by atoms with Crippen molar-refractivity contribution in [1.82, 2.24) is 9.80 Å². The van der Waals surface area contributed by atoms with Gasteiger partial charge in [-0.25, -0.2) is 0 Å². The molecule has 0 unspecified atom stereocenters. The molecule has 0 aliphatic carbocycles. The molecular formula is C13H18N2O2. The Hall–Kier alpha value is -1.29. The van der Waals surface area contributed by atoms with E-state index in [2.05, 4.69) is 4.90 Å². The summed E-state index contributed by atoms with van der Waals surface area (Å²) in [4.78, 5) is 16.1. The molecule has 92 valence electrons. The highest BCUT2D eigenvalue weighted by atomic mass is 16.3. The van der Waals surface area contributed by atoms with Crippen LogP contribution in [0.1, 0.15) is 24.8 Å². The lowest BCUT2D eigenvalue weighted by atomic mass is 9.97. The maximum atomic E-state index is 11.7. The van der Waals surface area contributed by atoms with Gasteiger partial charge in [-0.15, -0.1) is 0 Å². The average molecular weight is 234 g/mol. The largest absolute Gasteiger partial charge is 0.472 e. The second-order valence-corrected chi connectivity index (χ2v) is 5.07. The zero-order chi connectivity index (χ0) is 11.8. The van der Waals surface area contributed by atoms with Crippen LogP contribution in [0.4, 0.5) is 0 Å². The van der Waals surface area contributed by atoms with Gasteiger partial charge in [0.2, 0.25) is 5.91 Å². The maximum Gasteiger partial charge on any atom is 0.222 e. The SMILES string of the molecule is CN1C(=O)CC[C@@H]2[C@H]1CCN2Cc1ccoc1. The van der Waals surface area contributed by atoms with E-state index in [0.29, 0.717) is 24.4 Å². The normalized spacial score (nSPS) is 29.7. The number of carbonyl (C=O) groups excluding carboxylic acids is 1. The van der Waals surface area contributed by atoms with Crippen molar-refractivity contribution in [3.63, 3.8) is 0 Å². The molecule has 2 atom stereocenters. The number of piperidine rings is 1. The van der Waals surface area contributed by atoms with Gasteiger partial charge in [-0.1, -0.05) is 0 Å². The van der Waals surface area contributed by atoms with Gasteiger partial charge in [0.25, 0.3) is 0 Å². The summed E-state index contributed by atoms with van der Waals surface area (Å²) in [6.07, 6.45) is 6.33. The molecule has 1 amide bonds. The molecule has 1 aromatic heterocycles. The molecular weight excluding hydrogens is 216 g/mol. The molecule has 4 heteroatoms. The molecule has 2 fully saturated rings. The average Bonchev–Trinajstić information content (AvgIpc) is 2.95. The molecule has 17 heavy (non-hydrogen) atoms. The summed E-state index contributed by atoms with van der Waals surface area (Å²) in [6.45, 7) is 2.03. The van der Waals surface area contributed by atoms with Gasteiger partial charge in [-0.05, 0) is 18.9 Å². The highest BCUT2D eigenvalue weighted by Gasteiger charge is 2.41. The van der Waals surface area contributed by atoms with Crippen LogP contribution in [0.5, 0.6) is 0 Å². The minimum Gasteiger partial charge on any atom is -0.472 e. The molecule has 0 saturated carbocycles. The van der Waals surface area contributed by atoms with Crippen molar-refractivity contribution < 1.29 is 9.21 Å². The molecule has 3 heterocycles. The standard InChI is InChI=1S/C13H18N2O2/c1-14-11-4-6-15(8-10-5-7-17-9-10)12(11)2-3-13(14)16/h5,7,9,11-12H,2-4,6,8H2,1H3/t11-,12-/m1/s1. The number of hydrogen-bond acceptors (Lipinski definition) is 3. The van der Waals surface area contributed by atoms with Gasteiger partial charge in [0.05, 0.1) is 12.5 Å². The minimum absolute atomic E-state index is 0.302. The Kier molecular flexibility index (Phi) is 2.67. The van der Waals surface area contributed by atoms with Crippen molar-refractivity contribution in [2.75, 3.05) is 13.6 Å². The van der Waals surface area contributed by atoms with Gasteiger partial charge in [-0.3, -0.25) is 9.69 Å². The predicted molar refractivity (Wildman–Crippen MR) is 63.3 cm³/mol. The lowest BCUT2D eigenvalue weighted by Crippen LogP contribution is -2.50. The number of likely N-dealkylation sites (N-methyl/N-ethyl adjacent to an activating group) is 1. The quantitative estimate of drug-likeness (QED) is 0.777. The van der Waals surface area contributed by atoms with E-state index >= 15 is 0 Å². The summed E-state index contributed by atoms with van der Waals surface area (Å²) < 4.78 is 5.11. The summed E-state index contributed by atoms with van der Waals surface area (Å²) in [5.74, 6) is 0.302. The van der Waals surface area contributed by atoms with Crippen LogP contribution >= 0.6 is 0 Å². The smallest absolute Gasteiger partial charge is 0.222 e. The first kappa shape index (κ1) is 10.8. The third-order valence-corrected chi connectivity index (χ3v) is 4.14. The Balaban J connectivity index is 1.71. The van der Waals surface area contributed by atoms with Crippen LogP contribution in [0.3, 0.4) is 0 Å². The van der Waals surface area contributed by atoms with E-state index in [4.69, 9.17) is 4.42 Å². The predicted octanol–water partition coefficient (Wildman–Crippen LogP) is 1.47. The highest BCUT2D eigenvalue weighted by Crippen LogP contribution is 2.31. The van der Waals surface area contributed by atoms with Crippen LogP contribution in [0, 0.1) is 0 Å². The molecule has 0 radical (unpaired) electrons. The Morgan fingerprint density at radius 3 is 3.06 bits per heavy atom. The number of furan rings is 1. The van der Waals surface area contributed by atoms with Gasteiger partial charge in [0.15, 0.2) is 0 Å². The van der Waals surface area contributed by atoms with Crippen molar-refractivity contribution in [2.45, 2.75) is 37.9 Å². The number of nitrogens with zero attached hydrogens (tertiary/aromatic N) is 2. The summed E-state index contributed by atoms with van der Waals surface area (Å²) in [7, 11) is 1.94. The fraction of sp³-hybridized carbons (Fsp3) is 0.615. The Morgan fingerprint density at radius 2 is 2.29 bits per heavy atom. The molecule has 0 aromatic carbocycles. The molecule has 0 spiro atoms. The number of fused-ring (bicyclic) bond motifs is 1. The van der Waals surface area contributed by atoms with Gasteiger partial charge >= 0.3 is 0 Å². The number of rotatable bonds is 2. The first-order valence-electron chi connectivity index (χ1n) is 6.26. The van der Waals surface area contributed by atoms with Crippen LogP contribution < -0.4 is 0 Å². The summed E-state index contributed by atoms with van der Waals surface area (Å²) in [6, 6.07) is 2.97. The number of hydrogen-bond donors (Lipinski definition) is 0. The Labute approximate surface area is 101 Å². The number of carbonyl (C=O) groups is 1. The molecule has 3 rings (SSSR count). The monoisotopic (exact) mass is 234 g/mol. The molecule has 2 aliphatic rings. The van der Waals surface area contributed by atoms with E-state index < -0.39 is 0 Å². The van der Waals surface area contributed by atoms with Gasteiger partial charge < -0.3 is 9.32 Å². The lowest BCUT2D eigenvalue weighted by molar-refractivity contribution is -0.135. The van der Waals surface area contributed by atoms with Crippen LogP contribution in [-0.4, -0.2) is 41.4 Å². The third-order valence-electron chi connectivity index (χ3n) is 4.14. The molecule has 0 N–H and O–H groups in total. The Bertz CT molecular complexity index is 402. The zero-order valence-corrected chi connectivity index (χ0v) is 10.1. The van der Waals surface area contributed by atoms with E-state index in [0.717, 1.165) is 25.9 Å². The van der Waals surface area contributed by atoms with E-state index in [9.17, 15) is 4.79 Å². The highest BCUT2D eigenvalue weighted by molar-refractivity contribution is 5.77. The van der Waals surface area contributed by atoms with Crippen molar-refractivity contribution in [3.05, 3.63) is 24.2 Å². The first-order chi connectivity index (χ1) is 8.25. The molecule has 4 nitrogen and oxygen atoms in total. The summed E-state index contributed by atoms with van der Waals surface area (Å²) >= 11 is 0. The fourth-order valence-corrected chi connectivity index (χ4v) is 3.17. The van der Waals surface area contributed by atoms with Crippen molar-refractivity contribution in [1.29, 1.82) is 0 Å². The second-order valence-electron chi connectivity index (χ2n) is 5.07. The summed E-state index contributed by atoms with van der Waals surface area (Å²) in [5.41, 5.74) is 1.23. The molecule has 2 aliphatic heterocycles. The topological polar surface area (TPSA) is 36.7 Å². The molecule has 2 saturated heterocycles. The van der Waals surface area contributed by atoms with Gasteiger partial charge in [0, 0.05) is 44.2 Å². The zero-order valence-electron chi connectivity index (χ0n) is 10.1.